The Morgan fingerprint density at radius 2 is 1.59 bits per heavy atom. The molecule has 22 heavy (non-hydrogen) atoms. The average molecular weight is 310 g/mol. The van der Waals surface area contributed by atoms with E-state index in [4.69, 9.17) is 9.84 Å². The third kappa shape index (κ3) is 7.20. The molecule has 0 atom stereocenters. The van der Waals surface area contributed by atoms with Gasteiger partial charge in [-0.3, -0.25) is 0 Å². The number of benzene rings is 1. The number of hydrogen-bond donors (Lipinski definition) is 2. The minimum absolute atomic E-state index is 0.110. The van der Waals surface area contributed by atoms with Crippen LogP contribution in [0.1, 0.15) is 58.3 Å². The highest BCUT2D eigenvalue weighted by Crippen LogP contribution is 2.35. The van der Waals surface area contributed by atoms with Gasteiger partial charge in [-0.25, -0.2) is 4.79 Å². The van der Waals surface area contributed by atoms with Crippen LogP contribution in [0.15, 0.2) is 18.2 Å². The Balaban J connectivity index is 2.21. The van der Waals surface area contributed by atoms with Gasteiger partial charge in [0.15, 0.2) is 11.5 Å². The molecule has 0 aliphatic heterocycles. The van der Waals surface area contributed by atoms with Crippen LogP contribution in [0.25, 0.3) is 0 Å². The third-order valence-corrected chi connectivity index (χ3v) is 3.41. The lowest BCUT2D eigenvalue weighted by molar-refractivity contribution is 0.142. The Bertz CT molecular complexity index is 445. The van der Waals surface area contributed by atoms with Gasteiger partial charge >= 0.3 is 6.16 Å². The maximum Gasteiger partial charge on any atom is 0.511 e. The number of aromatic hydroxyl groups is 1. The molecule has 0 amide bonds. The van der Waals surface area contributed by atoms with Crippen molar-refractivity contribution in [1.82, 2.24) is 0 Å². The van der Waals surface area contributed by atoms with Gasteiger partial charge in [-0.1, -0.05) is 57.9 Å². The molecule has 0 aliphatic carbocycles. The molecular formula is C17H26O5. The minimum atomic E-state index is -1.46. The normalized spacial score (nSPS) is 10.4. The summed E-state index contributed by atoms with van der Waals surface area (Å²) in [5, 5.41) is 18.4. The van der Waals surface area contributed by atoms with E-state index >= 15 is 0 Å². The van der Waals surface area contributed by atoms with Crippen molar-refractivity contribution in [3.05, 3.63) is 18.2 Å². The van der Waals surface area contributed by atoms with Crippen LogP contribution in [-0.2, 0) is 0 Å². The minimum Gasteiger partial charge on any atom is -0.502 e. The van der Waals surface area contributed by atoms with Gasteiger partial charge in [-0.15, -0.1) is 0 Å². The Morgan fingerprint density at radius 3 is 2.23 bits per heavy atom. The molecule has 5 nitrogen and oxygen atoms in total. The highest BCUT2D eigenvalue weighted by Gasteiger charge is 2.12. The first-order valence-electron chi connectivity index (χ1n) is 8.00. The second kappa shape index (κ2) is 10.8. The number of phenols is 1. The van der Waals surface area contributed by atoms with Crippen LogP contribution in [0, 0.1) is 0 Å². The fraction of sp³-hybridized carbons (Fsp3) is 0.588. The summed E-state index contributed by atoms with van der Waals surface area (Å²) in [6.07, 6.45) is 8.19. The van der Waals surface area contributed by atoms with E-state index in [9.17, 15) is 9.90 Å². The lowest BCUT2D eigenvalue weighted by atomic mass is 10.1. The summed E-state index contributed by atoms with van der Waals surface area (Å²) in [5.74, 6) is -0.132. The van der Waals surface area contributed by atoms with Gasteiger partial charge in [0, 0.05) is 0 Å². The van der Waals surface area contributed by atoms with Crippen molar-refractivity contribution in [3.8, 4) is 17.2 Å². The topological polar surface area (TPSA) is 76.0 Å². The number of carboxylic acid groups (broad SMARTS) is 1. The molecule has 0 saturated heterocycles. The van der Waals surface area contributed by atoms with E-state index in [0.717, 1.165) is 12.8 Å². The van der Waals surface area contributed by atoms with Crippen molar-refractivity contribution in [3.63, 3.8) is 0 Å². The summed E-state index contributed by atoms with van der Waals surface area (Å²) in [7, 11) is 0. The summed E-state index contributed by atoms with van der Waals surface area (Å²) in [4.78, 5) is 10.5. The maximum absolute atomic E-state index is 10.5. The van der Waals surface area contributed by atoms with E-state index in [2.05, 4.69) is 11.7 Å². The van der Waals surface area contributed by atoms with Crippen LogP contribution in [-0.4, -0.2) is 23.0 Å². The molecule has 0 saturated carbocycles. The van der Waals surface area contributed by atoms with Crippen LogP contribution in [0.2, 0.25) is 0 Å². The predicted octanol–water partition coefficient (Wildman–Crippen LogP) is 4.97. The van der Waals surface area contributed by atoms with Crippen molar-refractivity contribution in [1.29, 1.82) is 0 Å². The second-order valence-electron chi connectivity index (χ2n) is 5.29. The number of carbonyl (C=O) groups is 1. The van der Waals surface area contributed by atoms with E-state index in [1.165, 1.54) is 44.6 Å². The molecule has 0 aromatic heterocycles. The number of ether oxygens (including phenoxy) is 2. The number of phenolic OH excluding ortho intramolecular Hbond substituents is 1. The number of hydrogen-bond acceptors (Lipinski definition) is 4. The molecule has 2 N–H and O–H groups in total. The van der Waals surface area contributed by atoms with Crippen molar-refractivity contribution in [2.45, 2.75) is 58.3 Å². The lowest BCUT2D eigenvalue weighted by Crippen LogP contribution is -2.04. The van der Waals surface area contributed by atoms with Gasteiger partial charge in [-0.2, -0.15) is 0 Å². The summed E-state index contributed by atoms with van der Waals surface area (Å²) in [5.41, 5.74) is 0. The van der Waals surface area contributed by atoms with Crippen LogP contribution in [0.4, 0.5) is 4.79 Å². The van der Waals surface area contributed by atoms with Gasteiger partial charge in [0.05, 0.1) is 6.61 Å². The monoisotopic (exact) mass is 310 g/mol. The van der Waals surface area contributed by atoms with Gasteiger partial charge in [0.1, 0.15) is 0 Å². The zero-order chi connectivity index (χ0) is 16.2. The van der Waals surface area contributed by atoms with Crippen molar-refractivity contribution in [2.75, 3.05) is 6.61 Å². The van der Waals surface area contributed by atoms with Crippen LogP contribution in [0.3, 0.4) is 0 Å². The summed E-state index contributed by atoms with van der Waals surface area (Å²) in [6, 6.07) is 4.56. The molecule has 0 fully saturated rings. The zero-order valence-electron chi connectivity index (χ0n) is 13.2. The van der Waals surface area contributed by atoms with Gasteiger partial charge in [-0.05, 0) is 18.6 Å². The quantitative estimate of drug-likeness (QED) is 0.343. The first kappa shape index (κ1) is 18.1. The third-order valence-electron chi connectivity index (χ3n) is 3.41. The first-order valence-corrected chi connectivity index (χ1v) is 8.00. The molecule has 0 radical (unpaired) electrons. The van der Waals surface area contributed by atoms with E-state index in [-0.39, 0.29) is 17.2 Å². The SMILES string of the molecule is CCCCCCCCCCOc1cccc(OC(=O)O)c1O. The largest absolute Gasteiger partial charge is 0.511 e. The van der Waals surface area contributed by atoms with Crippen LogP contribution >= 0.6 is 0 Å². The van der Waals surface area contributed by atoms with E-state index in [0.29, 0.717) is 6.61 Å². The van der Waals surface area contributed by atoms with E-state index in [1.54, 1.807) is 12.1 Å². The highest BCUT2D eigenvalue weighted by atomic mass is 16.7. The van der Waals surface area contributed by atoms with Crippen LogP contribution < -0.4 is 9.47 Å². The summed E-state index contributed by atoms with van der Waals surface area (Å²) < 4.78 is 9.95. The standard InChI is InChI=1S/C17H26O5/c1-2-3-4-5-6-7-8-9-13-21-14-11-10-12-15(16(14)18)22-17(19)20/h10-12,18H,2-9,13H2,1H3,(H,19,20). The summed E-state index contributed by atoms with van der Waals surface area (Å²) >= 11 is 0. The molecular weight excluding hydrogens is 284 g/mol. The molecule has 5 heteroatoms. The first-order chi connectivity index (χ1) is 10.6. The molecule has 0 bridgehead atoms. The van der Waals surface area contributed by atoms with Gasteiger partial charge in [0.25, 0.3) is 0 Å². The highest BCUT2D eigenvalue weighted by molar-refractivity contribution is 5.64. The molecule has 0 heterocycles. The summed E-state index contributed by atoms with van der Waals surface area (Å²) in [6.45, 7) is 2.71. The Morgan fingerprint density at radius 1 is 1.00 bits per heavy atom. The number of unbranched alkanes of at least 4 members (excludes halogenated alkanes) is 7. The molecule has 124 valence electrons. The molecule has 1 aromatic carbocycles. The Labute approximate surface area is 131 Å². The fourth-order valence-electron chi connectivity index (χ4n) is 2.21. The molecule has 1 aromatic rings. The average Bonchev–Trinajstić information content (AvgIpc) is 2.48. The van der Waals surface area contributed by atoms with E-state index < -0.39 is 6.16 Å². The van der Waals surface area contributed by atoms with Crippen molar-refractivity contribution in [2.24, 2.45) is 0 Å². The Kier molecular flexibility index (Phi) is 8.88. The smallest absolute Gasteiger partial charge is 0.502 e. The van der Waals surface area contributed by atoms with E-state index in [1.807, 2.05) is 0 Å². The van der Waals surface area contributed by atoms with Crippen molar-refractivity contribution >= 4 is 6.16 Å². The number of rotatable bonds is 11. The van der Waals surface area contributed by atoms with Crippen molar-refractivity contribution < 1.29 is 24.5 Å². The Hall–Kier alpha value is -1.91. The maximum atomic E-state index is 10.5. The molecule has 0 spiro atoms. The second-order valence-corrected chi connectivity index (χ2v) is 5.29. The fourth-order valence-corrected chi connectivity index (χ4v) is 2.21. The van der Waals surface area contributed by atoms with Gasteiger partial charge in [0.2, 0.25) is 5.75 Å². The lowest BCUT2D eigenvalue weighted by Gasteiger charge is -2.10. The number of para-hydroxylation sites is 1. The molecule has 0 unspecified atom stereocenters. The molecule has 1 rings (SSSR count). The zero-order valence-corrected chi connectivity index (χ0v) is 13.2. The van der Waals surface area contributed by atoms with Crippen LogP contribution in [0.5, 0.6) is 17.2 Å². The van der Waals surface area contributed by atoms with Gasteiger partial charge < -0.3 is 19.7 Å². The predicted molar refractivity (Wildman–Crippen MR) is 84.9 cm³/mol. The molecule has 0 aliphatic rings.